The van der Waals surface area contributed by atoms with Crippen LogP contribution in [0.15, 0.2) is 72.8 Å². The molecule has 1 atom stereocenters. The van der Waals surface area contributed by atoms with Crippen LogP contribution in [0, 0.1) is 11.6 Å². The Balaban J connectivity index is 1.57. The summed E-state index contributed by atoms with van der Waals surface area (Å²) in [6.07, 6.45) is 4.34. The van der Waals surface area contributed by atoms with Crippen LogP contribution in [0.4, 0.5) is 8.78 Å². The molecule has 1 unspecified atom stereocenters. The molecule has 0 radical (unpaired) electrons. The maximum Gasteiger partial charge on any atom is 0.243 e. The van der Waals surface area contributed by atoms with Crippen molar-refractivity contribution in [3.05, 3.63) is 106 Å². The van der Waals surface area contributed by atoms with Crippen LogP contribution in [0.5, 0.6) is 0 Å². The van der Waals surface area contributed by atoms with Gasteiger partial charge in [-0.1, -0.05) is 73.0 Å². The van der Waals surface area contributed by atoms with Gasteiger partial charge in [0.05, 0.1) is 5.75 Å². The number of nitrogens with zero attached hydrogens (tertiary/aromatic N) is 1. The second-order valence-electron chi connectivity index (χ2n) is 9.54. The lowest BCUT2D eigenvalue weighted by atomic mass is 10.0. The zero-order chi connectivity index (χ0) is 26.9. The molecule has 2 amide bonds. The standard InChI is InChI=1S/C30H31ClF2N2O2S/c31-26-11-6-12-27(33)25(26)19-38-20-29(36)35(18-22-13-15-23(32)16-14-22)28(17-21-7-2-1-3-8-21)30(37)34-24-9-4-5-10-24/h1-3,6-8,11-16,24,28H,4-5,9-10,17-20H2,(H,34,37). The minimum absolute atomic E-state index is 0.0356. The summed E-state index contributed by atoms with van der Waals surface area (Å²) >= 11 is 7.40. The summed E-state index contributed by atoms with van der Waals surface area (Å²) in [6, 6.07) is 19.4. The third kappa shape index (κ3) is 7.81. The first-order valence-electron chi connectivity index (χ1n) is 12.8. The van der Waals surface area contributed by atoms with Crippen molar-refractivity contribution in [3.63, 3.8) is 0 Å². The van der Waals surface area contributed by atoms with E-state index in [-0.39, 0.29) is 41.7 Å². The molecule has 200 valence electrons. The molecule has 1 N–H and O–H groups in total. The Morgan fingerprint density at radius 2 is 1.66 bits per heavy atom. The lowest BCUT2D eigenvalue weighted by molar-refractivity contribution is -0.139. The second-order valence-corrected chi connectivity index (χ2v) is 10.9. The third-order valence-corrected chi connectivity index (χ3v) is 8.07. The normalized spacial score (nSPS) is 14.3. The largest absolute Gasteiger partial charge is 0.352 e. The van der Waals surface area contributed by atoms with Gasteiger partial charge >= 0.3 is 0 Å². The molecule has 38 heavy (non-hydrogen) atoms. The molecule has 3 aromatic carbocycles. The van der Waals surface area contributed by atoms with Crippen LogP contribution in [0.25, 0.3) is 0 Å². The highest BCUT2D eigenvalue weighted by atomic mass is 35.5. The fraction of sp³-hybridized carbons (Fsp3) is 0.333. The summed E-state index contributed by atoms with van der Waals surface area (Å²) in [4.78, 5) is 28.9. The molecule has 1 saturated carbocycles. The van der Waals surface area contributed by atoms with E-state index in [2.05, 4.69) is 5.32 Å². The van der Waals surface area contributed by atoms with Crippen LogP contribution in [-0.4, -0.2) is 34.6 Å². The van der Waals surface area contributed by atoms with E-state index in [1.165, 1.54) is 30.0 Å². The smallest absolute Gasteiger partial charge is 0.243 e. The van der Waals surface area contributed by atoms with Crippen molar-refractivity contribution in [2.24, 2.45) is 0 Å². The summed E-state index contributed by atoms with van der Waals surface area (Å²) in [5, 5.41) is 3.47. The van der Waals surface area contributed by atoms with Gasteiger partial charge in [0.25, 0.3) is 0 Å². The van der Waals surface area contributed by atoms with Gasteiger partial charge in [0.1, 0.15) is 17.7 Å². The van der Waals surface area contributed by atoms with Gasteiger partial charge in [0.15, 0.2) is 0 Å². The number of carbonyl (C=O) groups excluding carboxylic acids is 2. The maximum absolute atomic E-state index is 14.2. The molecule has 1 aliphatic rings. The van der Waals surface area contributed by atoms with E-state index < -0.39 is 11.9 Å². The van der Waals surface area contributed by atoms with E-state index >= 15 is 0 Å². The fourth-order valence-corrected chi connectivity index (χ4v) is 5.95. The average molecular weight is 557 g/mol. The summed E-state index contributed by atoms with van der Waals surface area (Å²) in [6.45, 7) is 0.149. The van der Waals surface area contributed by atoms with Crippen LogP contribution >= 0.6 is 23.4 Å². The van der Waals surface area contributed by atoms with Gasteiger partial charge < -0.3 is 10.2 Å². The molecular formula is C30H31ClF2N2O2S. The quantitative estimate of drug-likeness (QED) is 0.291. The van der Waals surface area contributed by atoms with Gasteiger partial charge in [0, 0.05) is 35.3 Å². The predicted molar refractivity (Wildman–Crippen MR) is 149 cm³/mol. The van der Waals surface area contributed by atoms with Crippen molar-refractivity contribution in [2.75, 3.05) is 5.75 Å². The van der Waals surface area contributed by atoms with Gasteiger partial charge in [-0.3, -0.25) is 9.59 Å². The monoisotopic (exact) mass is 556 g/mol. The minimum Gasteiger partial charge on any atom is -0.352 e. The summed E-state index contributed by atoms with van der Waals surface area (Å²) in [7, 11) is 0. The Hall–Kier alpha value is -2.90. The van der Waals surface area contributed by atoms with Gasteiger partial charge in [-0.05, 0) is 48.2 Å². The predicted octanol–water partition coefficient (Wildman–Crippen LogP) is 6.55. The first-order valence-corrected chi connectivity index (χ1v) is 14.3. The van der Waals surface area contributed by atoms with Gasteiger partial charge in [-0.2, -0.15) is 0 Å². The molecule has 3 aromatic rings. The number of rotatable bonds is 11. The highest BCUT2D eigenvalue weighted by Crippen LogP contribution is 2.25. The van der Waals surface area contributed by atoms with Crippen molar-refractivity contribution in [3.8, 4) is 0 Å². The SMILES string of the molecule is O=C(NC1CCCC1)C(Cc1ccccc1)N(Cc1ccc(F)cc1)C(=O)CSCc1c(F)cccc1Cl. The molecule has 1 fully saturated rings. The molecule has 0 bridgehead atoms. The first kappa shape index (κ1) is 28.1. The number of nitrogens with one attached hydrogen (secondary N) is 1. The summed E-state index contributed by atoms with van der Waals surface area (Å²) in [5.41, 5.74) is 1.99. The number of amides is 2. The number of benzene rings is 3. The Morgan fingerprint density at radius 1 is 0.947 bits per heavy atom. The minimum atomic E-state index is -0.756. The third-order valence-electron chi connectivity index (χ3n) is 6.77. The van der Waals surface area contributed by atoms with Gasteiger partial charge in [0.2, 0.25) is 11.8 Å². The molecule has 0 heterocycles. The zero-order valence-electron chi connectivity index (χ0n) is 21.0. The number of hydrogen-bond donors (Lipinski definition) is 1. The number of carbonyl (C=O) groups is 2. The van der Waals surface area contributed by atoms with E-state index in [0.29, 0.717) is 22.6 Å². The molecule has 0 spiro atoms. The van der Waals surface area contributed by atoms with Crippen molar-refractivity contribution in [2.45, 2.75) is 56.5 Å². The van der Waals surface area contributed by atoms with Crippen LogP contribution in [-0.2, 0) is 28.3 Å². The van der Waals surface area contributed by atoms with E-state index in [1.807, 2.05) is 30.3 Å². The van der Waals surface area contributed by atoms with Gasteiger partial charge in [-0.15, -0.1) is 11.8 Å². The van der Waals surface area contributed by atoms with Crippen molar-refractivity contribution < 1.29 is 18.4 Å². The topological polar surface area (TPSA) is 49.4 Å². The number of thioether (sulfide) groups is 1. The lowest BCUT2D eigenvalue weighted by Gasteiger charge is -2.32. The molecule has 0 aliphatic heterocycles. The maximum atomic E-state index is 14.2. The van der Waals surface area contributed by atoms with Crippen molar-refractivity contribution >= 4 is 35.2 Å². The summed E-state index contributed by atoms with van der Waals surface area (Å²) < 4.78 is 27.8. The molecule has 0 saturated heterocycles. The van der Waals surface area contributed by atoms with Crippen molar-refractivity contribution in [1.82, 2.24) is 10.2 Å². The van der Waals surface area contributed by atoms with E-state index in [9.17, 15) is 18.4 Å². The molecule has 4 nitrogen and oxygen atoms in total. The highest BCUT2D eigenvalue weighted by Gasteiger charge is 2.32. The molecule has 1 aliphatic carbocycles. The Morgan fingerprint density at radius 3 is 2.34 bits per heavy atom. The molecule has 0 aromatic heterocycles. The zero-order valence-corrected chi connectivity index (χ0v) is 22.6. The van der Waals surface area contributed by atoms with E-state index in [1.54, 1.807) is 29.2 Å². The van der Waals surface area contributed by atoms with Crippen LogP contribution in [0.1, 0.15) is 42.4 Å². The Labute approximate surface area is 231 Å². The first-order chi connectivity index (χ1) is 18.4. The fourth-order valence-electron chi connectivity index (χ4n) is 4.70. The highest BCUT2D eigenvalue weighted by molar-refractivity contribution is 7.99. The van der Waals surface area contributed by atoms with Gasteiger partial charge in [-0.25, -0.2) is 8.78 Å². The van der Waals surface area contributed by atoms with Crippen LogP contribution < -0.4 is 5.32 Å². The number of hydrogen-bond acceptors (Lipinski definition) is 3. The van der Waals surface area contributed by atoms with E-state index in [4.69, 9.17) is 11.6 Å². The van der Waals surface area contributed by atoms with Crippen molar-refractivity contribution in [1.29, 1.82) is 0 Å². The molecule has 4 rings (SSSR count). The summed E-state index contributed by atoms with van der Waals surface area (Å²) in [5.74, 6) is -0.984. The Kier molecular flexibility index (Phi) is 10.2. The molecular weight excluding hydrogens is 526 g/mol. The second kappa shape index (κ2) is 13.8. The van der Waals surface area contributed by atoms with Crippen LogP contribution in [0.3, 0.4) is 0 Å². The average Bonchev–Trinajstić information content (AvgIpc) is 3.42. The Bertz CT molecular complexity index is 1200. The lowest BCUT2D eigenvalue weighted by Crippen LogP contribution is -2.52. The molecule has 8 heteroatoms. The van der Waals surface area contributed by atoms with Crippen LogP contribution in [0.2, 0.25) is 5.02 Å². The van der Waals surface area contributed by atoms with E-state index in [0.717, 1.165) is 31.2 Å². The number of halogens is 3.